The molecule has 0 spiro atoms. The highest BCUT2D eigenvalue weighted by Gasteiger charge is 2.23. The van der Waals surface area contributed by atoms with Crippen LogP contribution in [0.4, 0.5) is 4.39 Å². The summed E-state index contributed by atoms with van der Waals surface area (Å²) in [6.45, 7) is 5.14. The molecule has 1 aliphatic rings. The second kappa shape index (κ2) is 9.18. The zero-order valence-corrected chi connectivity index (χ0v) is 16.2. The molecule has 1 aliphatic carbocycles. The summed E-state index contributed by atoms with van der Waals surface area (Å²) in [6.07, 6.45) is 6.03. The molecule has 27 heavy (non-hydrogen) atoms. The number of rotatable bonds is 7. The first-order valence-electron chi connectivity index (χ1n) is 9.89. The second-order valence-corrected chi connectivity index (χ2v) is 7.72. The van der Waals surface area contributed by atoms with E-state index >= 15 is 0 Å². The number of carbonyl (C=O) groups excluding carboxylic acids is 1. The average Bonchev–Trinajstić information content (AvgIpc) is 3.10. The smallest absolute Gasteiger partial charge is 0.287 e. The molecule has 2 aromatic rings. The summed E-state index contributed by atoms with van der Waals surface area (Å²) in [4.78, 5) is 14.5. The molecule has 0 radical (unpaired) electrons. The van der Waals surface area contributed by atoms with Gasteiger partial charge in [-0.3, -0.25) is 9.69 Å². The van der Waals surface area contributed by atoms with Crippen LogP contribution in [0.25, 0.3) is 0 Å². The van der Waals surface area contributed by atoms with Crippen molar-refractivity contribution in [3.63, 3.8) is 0 Å². The SMILES string of the molecule is CC(C)NC(=O)c1ccc(CN(Cc2cccc(F)c2)C2CCCCC2)o1. The number of benzene rings is 1. The lowest BCUT2D eigenvalue weighted by atomic mass is 9.93. The number of halogens is 1. The van der Waals surface area contributed by atoms with Crippen LogP contribution in [0.15, 0.2) is 40.8 Å². The standard InChI is InChI=1S/C22H29FN2O2/c1-16(2)24-22(26)21-12-11-20(27-21)15-25(19-9-4-3-5-10-19)14-17-7-6-8-18(23)13-17/h6-8,11-13,16,19H,3-5,9-10,14-15H2,1-2H3,(H,24,26). The zero-order valence-electron chi connectivity index (χ0n) is 16.2. The summed E-state index contributed by atoms with van der Waals surface area (Å²) >= 11 is 0. The highest BCUT2D eigenvalue weighted by molar-refractivity contribution is 5.91. The fraction of sp³-hybridized carbons (Fsp3) is 0.500. The summed E-state index contributed by atoms with van der Waals surface area (Å²) in [5.74, 6) is 0.714. The molecule has 146 valence electrons. The molecule has 5 heteroatoms. The van der Waals surface area contributed by atoms with Gasteiger partial charge in [0, 0.05) is 18.6 Å². The van der Waals surface area contributed by atoms with Crippen LogP contribution in [0.1, 0.15) is 67.8 Å². The molecule has 1 N–H and O–H groups in total. The van der Waals surface area contributed by atoms with Crippen LogP contribution in [0.2, 0.25) is 0 Å². The van der Waals surface area contributed by atoms with Gasteiger partial charge in [-0.25, -0.2) is 4.39 Å². The van der Waals surface area contributed by atoms with Crippen molar-refractivity contribution in [1.29, 1.82) is 0 Å². The predicted octanol–water partition coefficient (Wildman–Crippen LogP) is 4.89. The minimum absolute atomic E-state index is 0.0674. The van der Waals surface area contributed by atoms with Gasteiger partial charge in [-0.05, 0) is 56.5 Å². The largest absolute Gasteiger partial charge is 0.455 e. The number of nitrogens with zero attached hydrogens (tertiary/aromatic N) is 1. The van der Waals surface area contributed by atoms with E-state index in [1.165, 1.54) is 25.3 Å². The van der Waals surface area contributed by atoms with E-state index in [0.29, 0.717) is 24.9 Å². The summed E-state index contributed by atoms with van der Waals surface area (Å²) in [5, 5.41) is 2.85. The maximum Gasteiger partial charge on any atom is 0.287 e. The number of hydrogen-bond donors (Lipinski definition) is 1. The van der Waals surface area contributed by atoms with Gasteiger partial charge in [-0.15, -0.1) is 0 Å². The topological polar surface area (TPSA) is 45.5 Å². The van der Waals surface area contributed by atoms with Gasteiger partial charge in [-0.1, -0.05) is 31.4 Å². The van der Waals surface area contributed by atoms with Gasteiger partial charge in [0.05, 0.1) is 6.54 Å². The Morgan fingerprint density at radius 3 is 2.67 bits per heavy atom. The van der Waals surface area contributed by atoms with E-state index in [0.717, 1.165) is 24.2 Å². The Labute approximate surface area is 160 Å². The maximum absolute atomic E-state index is 13.6. The number of hydrogen-bond acceptors (Lipinski definition) is 3. The second-order valence-electron chi connectivity index (χ2n) is 7.72. The van der Waals surface area contributed by atoms with Gasteiger partial charge in [0.25, 0.3) is 5.91 Å². The molecule has 0 saturated heterocycles. The van der Waals surface area contributed by atoms with Crippen molar-refractivity contribution in [3.8, 4) is 0 Å². The molecule has 3 rings (SSSR count). The molecule has 0 bridgehead atoms. The van der Waals surface area contributed by atoms with Crippen LogP contribution in [0, 0.1) is 5.82 Å². The van der Waals surface area contributed by atoms with Crippen molar-refractivity contribution < 1.29 is 13.6 Å². The lowest BCUT2D eigenvalue weighted by molar-refractivity contribution is 0.0905. The van der Waals surface area contributed by atoms with Crippen LogP contribution in [-0.2, 0) is 13.1 Å². The minimum atomic E-state index is -0.207. The summed E-state index contributed by atoms with van der Waals surface area (Å²) in [6, 6.07) is 10.9. The van der Waals surface area contributed by atoms with E-state index in [-0.39, 0.29) is 17.8 Å². The number of nitrogens with one attached hydrogen (secondary N) is 1. The van der Waals surface area contributed by atoms with E-state index < -0.39 is 0 Å². The first kappa shape index (κ1) is 19.6. The van der Waals surface area contributed by atoms with E-state index in [4.69, 9.17) is 4.42 Å². The Kier molecular flexibility index (Phi) is 6.67. The van der Waals surface area contributed by atoms with Crippen molar-refractivity contribution in [2.75, 3.05) is 0 Å². The Morgan fingerprint density at radius 1 is 1.19 bits per heavy atom. The zero-order chi connectivity index (χ0) is 19.2. The third-order valence-electron chi connectivity index (χ3n) is 5.03. The average molecular weight is 372 g/mol. The fourth-order valence-corrected chi connectivity index (χ4v) is 3.75. The molecule has 1 fully saturated rings. The van der Waals surface area contributed by atoms with Crippen molar-refractivity contribution >= 4 is 5.91 Å². The third-order valence-corrected chi connectivity index (χ3v) is 5.03. The van der Waals surface area contributed by atoms with Gasteiger partial charge in [0.2, 0.25) is 0 Å². The Morgan fingerprint density at radius 2 is 1.96 bits per heavy atom. The normalized spacial score (nSPS) is 15.4. The number of carbonyl (C=O) groups is 1. The Balaban J connectivity index is 1.73. The molecule has 0 unspecified atom stereocenters. The van der Waals surface area contributed by atoms with Crippen LogP contribution in [-0.4, -0.2) is 22.9 Å². The lowest BCUT2D eigenvalue weighted by Gasteiger charge is -2.34. The third kappa shape index (κ3) is 5.67. The van der Waals surface area contributed by atoms with Crippen molar-refractivity contribution in [3.05, 3.63) is 59.3 Å². The molecule has 4 nitrogen and oxygen atoms in total. The highest BCUT2D eigenvalue weighted by atomic mass is 19.1. The number of furan rings is 1. The van der Waals surface area contributed by atoms with Crippen molar-refractivity contribution in [2.24, 2.45) is 0 Å². The molecule has 1 heterocycles. The van der Waals surface area contributed by atoms with Crippen LogP contribution < -0.4 is 5.32 Å². The van der Waals surface area contributed by atoms with Crippen LogP contribution in [0.5, 0.6) is 0 Å². The summed E-state index contributed by atoms with van der Waals surface area (Å²) < 4.78 is 19.4. The van der Waals surface area contributed by atoms with Gasteiger partial charge in [0.1, 0.15) is 11.6 Å². The molecule has 1 aromatic heterocycles. The quantitative estimate of drug-likeness (QED) is 0.752. The van der Waals surface area contributed by atoms with E-state index in [9.17, 15) is 9.18 Å². The maximum atomic E-state index is 13.6. The molecular formula is C22H29FN2O2. The van der Waals surface area contributed by atoms with Crippen LogP contribution in [0.3, 0.4) is 0 Å². The van der Waals surface area contributed by atoms with Gasteiger partial charge in [0.15, 0.2) is 5.76 Å². The van der Waals surface area contributed by atoms with Crippen LogP contribution >= 0.6 is 0 Å². The predicted molar refractivity (Wildman–Crippen MR) is 104 cm³/mol. The van der Waals surface area contributed by atoms with Crippen molar-refractivity contribution in [2.45, 2.75) is 71.1 Å². The molecule has 1 amide bonds. The Bertz CT molecular complexity index is 750. The summed E-state index contributed by atoms with van der Waals surface area (Å²) in [5.41, 5.74) is 0.963. The molecular weight excluding hydrogens is 343 g/mol. The van der Waals surface area contributed by atoms with Gasteiger partial charge < -0.3 is 9.73 Å². The van der Waals surface area contributed by atoms with Gasteiger partial charge in [-0.2, -0.15) is 0 Å². The number of amides is 1. The van der Waals surface area contributed by atoms with Gasteiger partial charge >= 0.3 is 0 Å². The highest BCUT2D eigenvalue weighted by Crippen LogP contribution is 2.26. The van der Waals surface area contributed by atoms with E-state index in [2.05, 4.69) is 10.2 Å². The summed E-state index contributed by atoms with van der Waals surface area (Å²) in [7, 11) is 0. The van der Waals surface area contributed by atoms with Crippen molar-refractivity contribution in [1.82, 2.24) is 10.2 Å². The van der Waals surface area contributed by atoms with E-state index in [1.54, 1.807) is 18.2 Å². The first-order valence-corrected chi connectivity index (χ1v) is 9.89. The minimum Gasteiger partial charge on any atom is -0.455 e. The molecule has 0 atom stereocenters. The fourth-order valence-electron chi connectivity index (χ4n) is 3.75. The molecule has 1 saturated carbocycles. The monoisotopic (exact) mass is 372 g/mol. The first-order chi connectivity index (χ1) is 13.0. The Hall–Kier alpha value is -2.14. The lowest BCUT2D eigenvalue weighted by Crippen LogP contribution is -2.35. The molecule has 1 aromatic carbocycles. The molecule has 0 aliphatic heterocycles. The van der Waals surface area contributed by atoms with E-state index in [1.807, 2.05) is 26.0 Å².